The summed E-state index contributed by atoms with van der Waals surface area (Å²) in [6.45, 7) is 0.298. The molecule has 2 unspecified atom stereocenters. The smallest absolute Gasteiger partial charge is 0.307 e. The third kappa shape index (κ3) is 4.77. The quantitative estimate of drug-likeness (QED) is 0.343. The SMILES string of the molecule is COc1ccc(C=NNC(=O)C2CC2c2ccccc2)cc1Cn1cc([N+](=O)[O-])cn1. The molecule has 4 rings (SSSR count). The van der Waals surface area contributed by atoms with Crippen LogP contribution in [0, 0.1) is 16.0 Å². The van der Waals surface area contributed by atoms with E-state index in [-0.39, 0.29) is 23.4 Å². The number of hydrogen-bond acceptors (Lipinski definition) is 6. The lowest BCUT2D eigenvalue weighted by Gasteiger charge is -2.09. The number of nitrogens with zero attached hydrogens (tertiary/aromatic N) is 4. The molecule has 1 N–H and O–H groups in total. The summed E-state index contributed by atoms with van der Waals surface area (Å²) in [7, 11) is 1.55. The molecule has 1 aromatic heterocycles. The molecule has 2 atom stereocenters. The number of carbonyl (C=O) groups is 1. The topological polar surface area (TPSA) is 112 Å². The summed E-state index contributed by atoms with van der Waals surface area (Å²) in [5, 5.41) is 18.9. The molecule has 158 valence electrons. The average Bonchev–Trinajstić information content (AvgIpc) is 3.45. The number of amides is 1. The lowest BCUT2D eigenvalue weighted by Crippen LogP contribution is -2.20. The van der Waals surface area contributed by atoms with Gasteiger partial charge in [-0.3, -0.25) is 19.6 Å². The van der Waals surface area contributed by atoms with Gasteiger partial charge in [0.05, 0.1) is 24.8 Å². The summed E-state index contributed by atoms with van der Waals surface area (Å²) in [6.07, 6.45) is 4.95. The van der Waals surface area contributed by atoms with Gasteiger partial charge in [0, 0.05) is 11.5 Å². The summed E-state index contributed by atoms with van der Waals surface area (Å²) >= 11 is 0. The number of benzene rings is 2. The van der Waals surface area contributed by atoms with E-state index >= 15 is 0 Å². The minimum absolute atomic E-state index is 0.0541. The predicted octanol–water partition coefficient (Wildman–Crippen LogP) is 3.10. The molecule has 1 saturated carbocycles. The van der Waals surface area contributed by atoms with Crippen LogP contribution in [-0.2, 0) is 11.3 Å². The summed E-state index contributed by atoms with van der Waals surface area (Å²) in [5.74, 6) is 0.731. The standard InChI is InChI=1S/C22H21N5O4/c1-31-21-8-7-15(9-17(21)13-26-14-18(12-24-26)27(29)30)11-23-25-22(28)20-10-19(20)16-5-3-2-4-6-16/h2-9,11-12,14,19-20H,10,13H2,1H3,(H,25,28). The number of aromatic nitrogens is 2. The van der Waals surface area contributed by atoms with E-state index in [9.17, 15) is 14.9 Å². The van der Waals surface area contributed by atoms with E-state index in [1.165, 1.54) is 22.6 Å². The summed E-state index contributed by atoms with van der Waals surface area (Å²) in [5.41, 5.74) is 5.25. The number of hydrogen-bond donors (Lipinski definition) is 1. The molecular formula is C22H21N5O4. The third-order valence-electron chi connectivity index (χ3n) is 5.21. The van der Waals surface area contributed by atoms with Crippen LogP contribution >= 0.6 is 0 Å². The summed E-state index contributed by atoms with van der Waals surface area (Å²) < 4.78 is 6.84. The lowest BCUT2D eigenvalue weighted by molar-refractivity contribution is -0.385. The highest BCUT2D eigenvalue weighted by atomic mass is 16.6. The molecule has 0 radical (unpaired) electrons. The Labute approximate surface area is 178 Å². The van der Waals surface area contributed by atoms with Gasteiger partial charge in [-0.2, -0.15) is 10.2 Å². The highest BCUT2D eigenvalue weighted by Gasteiger charge is 2.43. The molecular weight excluding hydrogens is 398 g/mol. The first-order valence-electron chi connectivity index (χ1n) is 9.77. The first-order valence-corrected chi connectivity index (χ1v) is 9.77. The largest absolute Gasteiger partial charge is 0.496 e. The molecule has 31 heavy (non-hydrogen) atoms. The Bertz CT molecular complexity index is 1130. The second-order valence-corrected chi connectivity index (χ2v) is 7.32. The molecule has 1 amide bonds. The maximum atomic E-state index is 12.3. The molecule has 1 aliphatic carbocycles. The maximum Gasteiger partial charge on any atom is 0.307 e. The number of nitro groups is 1. The second-order valence-electron chi connectivity index (χ2n) is 7.32. The van der Waals surface area contributed by atoms with Gasteiger partial charge in [0.15, 0.2) is 0 Å². The van der Waals surface area contributed by atoms with Gasteiger partial charge in [0.1, 0.15) is 18.1 Å². The molecule has 9 nitrogen and oxygen atoms in total. The van der Waals surface area contributed by atoms with Crippen LogP contribution in [0.2, 0.25) is 0 Å². The van der Waals surface area contributed by atoms with Gasteiger partial charge in [-0.25, -0.2) is 5.43 Å². The van der Waals surface area contributed by atoms with Gasteiger partial charge < -0.3 is 4.74 Å². The molecule has 1 heterocycles. The van der Waals surface area contributed by atoms with E-state index in [1.807, 2.05) is 42.5 Å². The number of methoxy groups -OCH3 is 1. The Morgan fingerprint density at radius 2 is 2.16 bits per heavy atom. The van der Waals surface area contributed by atoms with Gasteiger partial charge in [-0.15, -0.1) is 0 Å². The fourth-order valence-corrected chi connectivity index (χ4v) is 3.52. The maximum absolute atomic E-state index is 12.3. The van der Waals surface area contributed by atoms with Crippen LogP contribution in [0.3, 0.4) is 0 Å². The number of rotatable bonds is 8. The van der Waals surface area contributed by atoms with E-state index < -0.39 is 4.92 Å². The highest BCUT2D eigenvalue weighted by Crippen LogP contribution is 2.47. The van der Waals surface area contributed by atoms with Crippen molar-refractivity contribution in [3.8, 4) is 5.75 Å². The van der Waals surface area contributed by atoms with Crippen molar-refractivity contribution in [2.45, 2.75) is 18.9 Å². The van der Waals surface area contributed by atoms with Gasteiger partial charge in [0.2, 0.25) is 5.91 Å². The summed E-state index contributed by atoms with van der Waals surface area (Å²) in [6, 6.07) is 15.4. The summed E-state index contributed by atoms with van der Waals surface area (Å²) in [4.78, 5) is 22.7. The minimum atomic E-state index is -0.491. The molecule has 0 spiro atoms. The molecule has 1 aliphatic rings. The van der Waals surface area contributed by atoms with E-state index in [2.05, 4.69) is 15.6 Å². The van der Waals surface area contributed by atoms with Crippen LogP contribution in [-0.4, -0.2) is 33.9 Å². The van der Waals surface area contributed by atoms with Crippen molar-refractivity contribution in [3.63, 3.8) is 0 Å². The number of hydrazone groups is 1. The minimum Gasteiger partial charge on any atom is -0.496 e. The molecule has 2 aromatic carbocycles. The zero-order valence-corrected chi connectivity index (χ0v) is 16.8. The van der Waals surface area contributed by atoms with Gasteiger partial charge in [0.25, 0.3) is 0 Å². The number of carbonyl (C=O) groups excluding carboxylic acids is 1. The third-order valence-corrected chi connectivity index (χ3v) is 5.21. The zero-order valence-electron chi connectivity index (χ0n) is 16.8. The van der Waals surface area contributed by atoms with Crippen molar-refractivity contribution in [3.05, 3.63) is 87.7 Å². The van der Waals surface area contributed by atoms with Crippen LogP contribution in [0.5, 0.6) is 5.75 Å². The van der Waals surface area contributed by atoms with Crippen molar-refractivity contribution < 1.29 is 14.5 Å². The van der Waals surface area contributed by atoms with E-state index in [0.717, 1.165) is 17.5 Å². The first kappa shape index (κ1) is 20.3. The Morgan fingerprint density at radius 1 is 1.35 bits per heavy atom. The van der Waals surface area contributed by atoms with Crippen LogP contribution in [0.1, 0.15) is 29.0 Å². The van der Waals surface area contributed by atoms with Crippen LogP contribution in [0.15, 0.2) is 66.0 Å². The fraction of sp³-hybridized carbons (Fsp3) is 0.227. The molecule has 9 heteroatoms. The van der Waals surface area contributed by atoms with Gasteiger partial charge in [-0.05, 0) is 41.7 Å². The Hall–Kier alpha value is -4.01. The molecule has 0 bridgehead atoms. The Morgan fingerprint density at radius 3 is 2.87 bits per heavy atom. The van der Waals surface area contributed by atoms with Crippen LogP contribution in [0.4, 0.5) is 5.69 Å². The van der Waals surface area contributed by atoms with E-state index in [1.54, 1.807) is 19.4 Å². The number of ether oxygens (including phenoxy) is 1. The van der Waals surface area contributed by atoms with Crippen molar-refractivity contribution in [2.24, 2.45) is 11.0 Å². The lowest BCUT2D eigenvalue weighted by atomic mass is 10.1. The monoisotopic (exact) mass is 419 g/mol. The Balaban J connectivity index is 1.39. The van der Waals surface area contributed by atoms with Crippen molar-refractivity contribution >= 4 is 17.8 Å². The first-order chi connectivity index (χ1) is 15.0. The van der Waals surface area contributed by atoms with E-state index in [0.29, 0.717) is 12.3 Å². The van der Waals surface area contributed by atoms with Crippen molar-refractivity contribution in [2.75, 3.05) is 7.11 Å². The molecule has 3 aromatic rings. The second kappa shape index (κ2) is 8.78. The molecule has 0 aliphatic heterocycles. The molecule has 1 fully saturated rings. The highest BCUT2D eigenvalue weighted by molar-refractivity contribution is 5.85. The predicted molar refractivity (Wildman–Crippen MR) is 114 cm³/mol. The zero-order chi connectivity index (χ0) is 21.8. The van der Waals surface area contributed by atoms with Crippen molar-refractivity contribution in [1.82, 2.24) is 15.2 Å². The normalized spacial score (nSPS) is 17.5. The van der Waals surface area contributed by atoms with E-state index in [4.69, 9.17) is 4.74 Å². The number of nitrogens with one attached hydrogen (secondary N) is 1. The van der Waals surface area contributed by atoms with Crippen LogP contribution < -0.4 is 10.2 Å². The average molecular weight is 419 g/mol. The molecule has 0 saturated heterocycles. The van der Waals surface area contributed by atoms with Crippen LogP contribution in [0.25, 0.3) is 0 Å². The van der Waals surface area contributed by atoms with Gasteiger partial charge >= 0.3 is 5.69 Å². The van der Waals surface area contributed by atoms with Crippen molar-refractivity contribution in [1.29, 1.82) is 0 Å². The fourth-order valence-electron chi connectivity index (χ4n) is 3.52. The van der Waals surface area contributed by atoms with Gasteiger partial charge in [-0.1, -0.05) is 30.3 Å². The Kier molecular flexibility index (Phi) is 5.74.